The smallest absolute Gasteiger partial charge is 0.335 e. The van der Waals surface area contributed by atoms with Crippen LogP contribution in [0.3, 0.4) is 0 Å². The molecule has 1 heterocycles. The van der Waals surface area contributed by atoms with Crippen LogP contribution in [0.1, 0.15) is 15.9 Å². The number of amides is 1. The number of carboxylic acid groups (broad SMARTS) is 1. The first-order valence-electron chi connectivity index (χ1n) is 8.30. The molecule has 0 saturated carbocycles. The third kappa shape index (κ3) is 5.17. The number of carbonyl (C=O) groups excluding carboxylic acids is 2. The lowest BCUT2D eigenvalue weighted by Gasteiger charge is -2.04. The minimum atomic E-state index is -0.989. The zero-order chi connectivity index (χ0) is 20.8. The first-order chi connectivity index (χ1) is 14.0. The first kappa shape index (κ1) is 20.0. The molecule has 1 saturated heterocycles. The van der Waals surface area contributed by atoms with Gasteiger partial charge in [-0.1, -0.05) is 30.3 Å². The summed E-state index contributed by atoms with van der Waals surface area (Å²) in [4.78, 5) is 34.3. The number of nitrogens with one attached hydrogen (secondary N) is 1. The number of benzene rings is 2. The number of methoxy groups -OCH3 is 1. The molecule has 0 atom stereocenters. The lowest BCUT2D eigenvalue weighted by Crippen LogP contribution is -2.19. The van der Waals surface area contributed by atoms with E-state index in [-0.39, 0.29) is 15.6 Å². The van der Waals surface area contributed by atoms with Crippen LogP contribution < -0.4 is 5.32 Å². The maximum absolute atomic E-state index is 11.8. The molecule has 8 nitrogen and oxygen atoms in total. The Morgan fingerprint density at radius 2 is 1.86 bits per heavy atom. The number of carbonyl (C=O) groups is 3. The minimum Gasteiger partial charge on any atom is -0.478 e. The molecule has 1 fully saturated rings. The van der Waals surface area contributed by atoms with Crippen LogP contribution >= 0.6 is 11.8 Å². The van der Waals surface area contributed by atoms with Crippen LogP contribution in [-0.2, 0) is 14.3 Å². The van der Waals surface area contributed by atoms with E-state index in [4.69, 9.17) is 5.11 Å². The van der Waals surface area contributed by atoms with Gasteiger partial charge in [-0.2, -0.15) is 5.10 Å². The predicted octanol–water partition coefficient (Wildman–Crippen LogP) is 2.66. The molecule has 1 amide bonds. The lowest BCUT2D eigenvalue weighted by molar-refractivity contribution is -0.135. The molecule has 29 heavy (non-hydrogen) atoms. The Kier molecular flexibility index (Phi) is 6.20. The Hall–Kier alpha value is -3.72. The van der Waals surface area contributed by atoms with Crippen LogP contribution in [0.25, 0.3) is 11.1 Å². The van der Waals surface area contributed by atoms with Gasteiger partial charge in [0.05, 0.1) is 23.8 Å². The number of hydrogen-bond donors (Lipinski definition) is 2. The Balaban J connectivity index is 1.75. The molecule has 1 aliphatic heterocycles. The second kappa shape index (κ2) is 8.98. The highest BCUT2D eigenvalue weighted by Crippen LogP contribution is 2.24. The number of carboxylic acids is 1. The fourth-order valence-electron chi connectivity index (χ4n) is 2.42. The topological polar surface area (TPSA) is 117 Å². The summed E-state index contributed by atoms with van der Waals surface area (Å²) in [5.41, 5.74) is 2.55. The molecule has 0 radical (unpaired) electrons. The molecule has 146 valence electrons. The van der Waals surface area contributed by atoms with E-state index < -0.39 is 17.8 Å². The minimum absolute atomic E-state index is 0.172. The summed E-state index contributed by atoms with van der Waals surface area (Å²) < 4.78 is 4.49. The SMILES string of the molecule is COC(=O)/C=C1/S/C(=N\N=Cc2cccc(-c3cccc(C(=O)O)c3)c2)NC1=O. The van der Waals surface area contributed by atoms with Crippen molar-refractivity contribution in [2.75, 3.05) is 7.11 Å². The molecule has 9 heteroatoms. The normalized spacial score (nSPS) is 16.4. The molecular weight excluding hydrogens is 394 g/mol. The Bertz CT molecular complexity index is 1080. The highest BCUT2D eigenvalue weighted by atomic mass is 32.2. The van der Waals surface area contributed by atoms with Crippen molar-refractivity contribution in [2.24, 2.45) is 10.2 Å². The summed E-state index contributed by atoms with van der Waals surface area (Å²) in [6.07, 6.45) is 2.59. The fraction of sp³-hybridized carbons (Fsp3) is 0.0500. The second-order valence-electron chi connectivity index (χ2n) is 5.75. The Labute approximate surface area is 170 Å². The highest BCUT2D eigenvalue weighted by Gasteiger charge is 2.24. The van der Waals surface area contributed by atoms with Gasteiger partial charge in [-0.3, -0.25) is 10.1 Å². The van der Waals surface area contributed by atoms with Gasteiger partial charge in [-0.05, 0) is 46.7 Å². The first-order valence-corrected chi connectivity index (χ1v) is 9.11. The predicted molar refractivity (Wildman–Crippen MR) is 110 cm³/mol. The van der Waals surface area contributed by atoms with Gasteiger partial charge in [0.1, 0.15) is 0 Å². The summed E-state index contributed by atoms with van der Waals surface area (Å²) >= 11 is 0.982. The number of amidine groups is 1. The maximum Gasteiger partial charge on any atom is 0.335 e. The van der Waals surface area contributed by atoms with Crippen LogP contribution in [0, 0.1) is 0 Å². The van der Waals surface area contributed by atoms with Crippen molar-refractivity contribution >= 4 is 41.0 Å². The zero-order valence-electron chi connectivity index (χ0n) is 15.2. The summed E-state index contributed by atoms with van der Waals surface area (Å²) in [6, 6.07) is 14.0. The molecular formula is C20H15N3O5S. The largest absolute Gasteiger partial charge is 0.478 e. The molecule has 1 aliphatic rings. The molecule has 0 aliphatic carbocycles. The van der Waals surface area contributed by atoms with E-state index in [0.29, 0.717) is 0 Å². The fourth-order valence-corrected chi connectivity index (χ4v) is 3.16. The van der Waals surface area contributed by atoms with Gasteiger partial charge in [-0.15, -0.1) is 5.10 Å². The molecule has 0 bridgehead atoms. The molecule has 0 spiro atoms. The van der Waals surface area contributed by atoms with Crippen LogP contribution in [0.15, 0.2) is 69.7 Å². The average Bonchev–Trinajstić information content (AvgIpc) is 3.07. The highest BCUT2D eigenvalue weighted by molar-refractivity contribution is 8.18. The van der Waals surface area contributed by atoms with Gasteiger partial charge in [0.15, 0.2) is 5.17 Å². The molecule has 3 rings (SSSR count). The zero-order valence-corrected chi connectivity index (χ0v) is 16.0. The van der Waals surface area contributed by atoms with Crippen molar-refractivity contribution in [1.82, 2.24) is 5.32 Å². The van der Waals surface area contributed by atoms with Crippen molar-refractivity contribution in [3.63, 3.8) is 0 Å². The number of ether oxygens (including phenoxy) is 1. The summed E-state index contributed by atoms with van der Waals surface area (Å²) in [7, 11) is 1.22. The van der Waals surface area contributed by atoms with Crippen molar-refractivity contribution in [1.29, 1.82) is 0 Å². The van der Waals surface area contributed by atoms with Crippen LogP contribution in [-0.4, -0.2) is 41.4 Å². The molecule has 2 aromatic carbocycles. The van der Waals surface area contributed by atoms with Crippen molar-refractivity contribution in [2.45, 2.75) is 0 Å². The molecule has 0 aromatic heterocycles. The average molecular weight is 409 g/mol. The van der Waals surface area contributed by atoms with Gasteiger partial charge < -0.3 is 9.84 Å². The molecule has 2 aromatic rings. The summed E-state index contributed by atoms with van der Waals surface area (Å²) in [6.45, 7) is 0. The maximum atomic E-state index is 11.8. The summed E-state index contributed by atoms with van der Waals surface area (Å²) in [5.74, 6) is -2.07. The van der Waals surface area contributed by atoms with Crippen LogP contribution in [0.2, 0.25) is 0 Å². The van der Waals surface area contributed by atoms with E-state index in [1.165, 1.54) is 19.4 Å². The Morgan fingerprint density at radius 3 is 2.59 bits per heavy atom. The van der Waals surface area contributed by atoms with Crippen molar-refractivity contribution < 1.29 is 24.2 Å². The third-order valence-corrected chi connectivity index (χ3v) is 4.69. The van der Waals surface area contributed by atoms with E-state index in [1.54, 1.807) is 12.1 Å². The van der Waals surface area contributed by atoms with Gasteiger partial charge in [-0.25, -0.2) is 9.59 Å². The monoisotopic (exact) mass is 409 g/mol. The van der Waals surface area contributed by atoms with E-state index in [9.17, 15) is 14.4 Å². The Morgan fingerprint density at radius 1 is 1.14 bits per heavy atom. The van der Waals surface area contributed by atoms with Gasteiger partial charge in [0, 0.05) is 6.08 Å². The van der Waals surface area contributed by atoms with Crippen molar-refractivity contribution in [3.8, 4) is 11.1 Å². The van der Waals surface area contributed by atoms with Crippen LogP contribution in [0.4, 0.5) is 0 Å². The third-order valence-electron chi connectivity index (χ3n) is 3.79. The quantitative estimate of drug-likeness (QED) is 0.339. The second-order valence-corrected chi connectivity index (χ2v) is 6.78. The number of rotatable bonds is 5. The molecule has 0 unspecified atom stereocenters. The van der Waals surface area contributed by atoms with Gasteiger partial charge >= 0.3 is 11.9 Å². The number of aromatic carboxylic acids is 1. The van der Waals surface area contributed by atoms with E-state index in [1.807, 2.05) is 30.3 Å². The van der Waals surface area contributed by atoms with Crippen LogP contribution in [0.5, 0.6) is 0 Å². The van der Waals surface area contributed by atoms with E-state index >= 15 is 0 Å². The summed E-state index contributed by atoms with van der Waals surface area (Å²) in [5, 5.41) is 19.8. The standard InChI is InChI=1S/C20H15N3O5S/c1-28-17(24)10-16-18(25)22-20(29-16)23-21-11-12-4-2-5-13(8-12)14-6-3-7-15(9-14)19(26)27/h2-11H,1H3,(H,26,27)(H,22,23,25)/b16-10+,21-11?. The van der Waals surface area contributed by atoms with Gasteiger partial charge in [0.2, 0.25) is 0 Å². The number of thioether (sulfide) groups is 1. The van der Waals surface area contributed by atoms with Crippen molar-refractivity contribution in [3.05, 3.63) is 70.6 Å². The van der Waals surface area contributed by atoms with Gasteiger partial charge in [0.25, 0.3) is 5.91 Å². The van der Waals surface area contributed by atoms with E-state index in [2.05, 4.69) is 20.3 Å². The van der Waals surface area contributed by atoms with E-state index in [0.717, 1.165) is 34.5 Å². The molecule has 2 N–H and O–H groups in total. The number of nitrogens with zero attached hydrogens (tertiary/aromatic N) is 2. The number of hydrogen-bond acceptors (Lipinski definition) is 7. The lowest BCUT2D eigenvalue weighted by atomic mass is 10.0. The number of esters is 1.